The maximum atomic E-state index is 11.4. The number of hydrogen-bond acceptors (Lipinski definition) is 4. The quantitative estimate of drug-likeness (QED) is 0.429. The minimum absolute atomic E-state index is 0.180. The molecule has 0 bridgehead atoms. The predicted octanol–water partition coefficient (Wildman–Crippen LogP) is 5.62. The smallest absolute Gasteiger partial charge is 0.130 e. The van der Waals surface area contributed by atoms with Gasteiger partial charge < -0.3 is 9.69 Å². The molecular weight excluding hydrogens is 316 g/mol. The lowest BCUT2D eigenvalue weighted by Crippen LogP contribution is -2.31. The zero-order chi connectivity index (χ0) is 18.3. The second-order valence-electron chi connectivity index (χ2n) is 7.45. The lowest BCUT2D eigenvalue weighted by atomic mass is 9.95. The van der Waals surface area contributed by atoms with E-state index in [9.17, 15) is 4.79 Å². The molecule has 1 aromatic rings. The van der Waals surface area contributed by atoms with Gasteiger partial charge in [0.2, 0.25) is 0 Å². The Hall–Kier alpha value is -1.51. The van der Waals surface area contributed by atoms with Gasteiger partial charge in [0.15, 0.2) is 0 Å². The Labute approximate surface area is 152 Å². The molecule has 0 unspecified atom stereocenters. The molecule has 1 atom stereocenters. The summed E-state index contributed by atoms with van der Waals surface area (Å²) in [6.07, 6.45) is 0.543. The van der Waals surface area contributed by atoms with Crippen LogP contribution in [0.4, 0.5) is 11.4 Å². The van der Waals surface area contributed by atoms with Crippen LogP contribution in [-0.2, 0) is 4.79 Å². The minimum Gasteiger partial charge on any atom is -0.369 e. The number of rotatable bonds is 9. The van der Waals surface area contributed by atoms with Crippen molar-refractivity contribution < 1.29 is 4.79 Å². The van der Waals surface area contributed by atoms with Crippen molar-refractivity contribution in [1.82, 2.24) is 0 Å². The zero-order valence-electron chi connectivity index (χ0n) is 15.8. The van der Waals surface area contributed by atoms with Crippen LogP contribution in [0.1, 0.15) is 59.4 Å². The first-order valence-corrected chi connectivity index (χ1v) is 9.11. The summed E-state index contributed by atoms with van der Waals surface area (Å²) in [6.45, 7) is 14.5. The first kappa shape index (κ1) is 20.5. The Morgan fingerprint density at radius 3 is 2.21 bits per heavy atom. The molecule has 0 heterocycles. The number of isothiocyanates is 1. The van der Waals surface area contributed by atoms with Gasteiger partial charge >= 0.3 is 0 Å². The minimum atomic E-state index is 0.180. The third kappa shape index (κ3) is 6.54. The monoisotopic (exact) mass is 346 g/mol. The van der Waals surface area contributed by atoms with Crippen LogP contribution in [0.5, 0.6) is 0 Å². The number of ketones is 1. The average molecular weight is 347 g/mol. The van der Waals surface area contributed by atoms with Crippen LogP contribution >= 0.6 is 12.2 Å². The van der Waals surface area contributed by atoms with E-state index in [2.05, 4.69) is 67.9 Å². The van der Waals surface area contributed by atoms with E-state index in [0.717, 1.165) is 30.0 Å². The van der Waals surface area contributed by atoms with Gasteiger partial charge in [0.05, 0.1) is 16.5 Å². The van der Waals surface area contributed by atoms with Crippen molar-refractivity contribution in [2.24, 2.45) is 16.8 Å². The molecule has 0 aliphatic rings. The summed E-state index contributed by atoms with van der Waals surface area (Å²) in [4.78, 5) is 18.1. The van der Waals surface area contributed by atoms with Crippen LogP contribution in [0.15, 0.2) is 23.2 Å². The topological polar surface area (TPSA) is 32.7 Å². The fraction of sp³-hybridized carbons (Fsp3) is 0.600. The lowest BCUT2D eigenvalue weighted by Gasteiger charge is -2.30. The molecule has 0 aliphatic heterocycles. The molecule has 0 N–H and O–H groups in total. The van der Waals surface area contributed by atoms with Gasteiger partial charge in [0.25, 0.3) is 0 Å². The third-order valence-electron chi connectivity index (χ3n) is 3.84. The number of thiocarbonyl (C=S) groups is 1. The van der Waals surface area contributed by atoms with Crippen molar-refractivity contribution in [3.63, 3.8) is 0 Å². The molecule has 0 saturated carbocycles. The molecule has 132 valence electrons. The van der Waals surface area contributed by atoms with E-state index in [0.29, 0.717) is 18.3 Å². The average Bonchev–Trinajstić information content (AvgIpc) is 2.45. The van der Waals surface area contributed by atoms with Gasteiger partial charge in [-0.3, -0.25) is 0 Å². The van der Waals surface area contributed by atoms with E-state index in [4.69, 9.17) is 12.2 Å². The lowest BCUT2D eigenvalue weighted by molar-refractivity contribution is -0.117. The summed E-state index contributed by atoms with van der Waals surface area (Å²) in [6, 6.07) is 6.27. The fourth-order valence-corrected chi connectivity index (χ4v) is 3.05. The number of carbonyl (C=O) groups is 1. The van der Waals surface area contributed by atoms with Gasteiger partial charge in [-0.1, -0.05) is 40.7 Å². The van der Waals surface area contributed by atoms with Crippen molar-refractivity contribution in [3.05, 3.63) is 23.8 Å². The summed E-state index contributed by atoms with van der Waals surface area (Å²) in [5.74, 6) is 1.50. The van der Waals surface area contributed by atoms with Crippen molar-refractivity contribution >= 4 is 34.5 Å². The molecular formula is C20H30N2OS. The largest absolute Gasteiger partial charge is 0.369 e. The van der Waals surface area contributed by atoms with Crippen LogP contribution in [0, 0.1) is 11.8 Å². The number of benzene rings is 1. The van der Waals surface area contributed by atoms with Gasteiger partial charge in [-0.25, -0.2) is 0 Å². The van der Waals surface area contributed by atoms with Crippen molar-refractivity contribution in [2.75, 3.05) is 18.0 Å². The van der Waals surface area contributed by atoms with Crippen LogP contribution in [0.2, 0.25) is 0 Å². The fourth-order valence-electron chi connectivity index (χ4n) is 2.95. The van der Waals surface area contributed by atoms with Gasteiger partial charge in [-0.05, 0) is 54.6 Å². The van der Waals surface area contributed by atoms with Crippen molar-refractivity contribution in [3.8, 4) is 0 Å². The number of aliphatic imine (C=N–C) groups is 1. The standard InChI is InChI=1S/C20H30N2OS/c1-14(2)11-22(12-15(3)4)20-8-7-18(10-19(20)21-13-24)16(5)9-17(6)23/h7-8,10,14-16H,9,11-12H2,1-6H3/t16-/m1/s1. The van der Waals surface area contributed by atoms with Gasteiger partial charge in [0, 0.05) is 19.5 Å². The summed E-state index contributed by atoms with van der Waals surface area (Å²) >= 11 is 4.85. The predicted molar refractivity (Wildman–Crippen MR) is 107 cm³/mol. The Morgan fingerprint density at radius 2 is 1.75 bits per heavy atom. The summed E-state index contributed by atoms with van der Waals surface area (Å²) < 4.78 is 0. The van der Waals surface area contributed by atoms with E-state index in [1.54, 1.807) is 6.92 Å². The SMILES string of the molecule is CC(=O)C[C@@H](C)c1ccc(N(CC(C)C)CC(C)C)c(N=C=S)c1. The molecule has 4 heteroatoms. The highest BCUT2D eigenvalue weighted by Crippen LogP contribution is 2.34. The second kappa shape index (κ2) is 9.71. The van der Waals surface area contributed by atoms with Crippen LogP contribution in [0.25, 0.3) is 0 Å². The third-order valence-corrected chi connectivity index (χ3v) is 3.93. The van der Waals surface area contributed by atoms with Crippen LogP contribution in [0.3, 0.4) is 0 Å². The first-order chi connectivity index (χ1) is 11.2. The molecule has 0 radical (unpaired) electrons. The molecule has 1 rings (SSSR count). The highest BCUT2D eigenvalue weighted by molar-refractivity contribution is 7.78. The summed E-state index contributed by atoms with van der Waals surface area (Å²) in [7, 11) is 0. The van der Waals surface area contributed by atoms with Crippen LogP contribution in [-0.4, -0.2) is 24.0 Å². The zero-order valence-corrected chi connectivity index (χ0v) is 16.6. The summed E-state index contributed by atoms with van der Waals surface area (Å²) in [5, 5.41) is 2.51. The van der Waals surface area contributed by atoms with Crippen molar-refractivity contribution in [1.29, 1.82) is 0 Å². The number of nitrogens with zero attached hydrogens (tertiary/aromatic N) is 2. The molecule has 0 saturated heterocycles. The van der Waals surface area contributed by atoms with E-state index >= 15 is 0 Å². The van der Waals surface area contributed by atoms with E-state index in [1.807, 2.05) is 0 Å². The van der Waals surface area contributed by atoms with Gasteiger partial charge in [0.1, 0.15) is 5.78 Å². The summed E-state index contributed by atoms with van der Waals surface area (Å²) in [5.41, 5.74) is 3.06. The molecule has 0 amide bonds. The van der Waals surface area contributed by atoms with Gasteiger partial charge in [-0.15, -0.1) is 0 Å². The van der Waals surface area contributed by atoms with Gasteiger partial charge in [-0.2, -0.15) is 4.99 Å². The molecule has 3 nitrogen and oxygen atoms in total. The molecule has 0 aromatic heterocycles. The molecule has 24 heavy (non-hydrogen) atoms. The number of Topliss-reactive ketones (excluding diaryl/α,β-unsaturated/α-hetero) is 1. The Balaban J connectivity index is 3.24. The Morgan fingerprint density at radius 1 is 1.17 bits per heavy atom. The number of carbonyl (C=O) groups excluding carboxylic acids is 1. The normalized spacial score (nSPS) is 12.2. The molecule has 0 aliphatic carbocycles. The molecule has 0 spiro atoms. The van der Waals surface area contributed by atoms with E-state index in [1.165, 1.54) is 0 Å². The maximum absolute atomic E-state index is 11.4. The number of anilines is 1. The number of hydrogen-bond donors (Lipinski definition) is 0. The Bertz CT molecular complexity index is 594. The highest BCUT2D eigenvalue weighted by Gasteiger charge is 2.17. The van der Waals surface area contributed by atoms with Crippen molar-refractivity contribution in [2.45, 2.75) is 53.9 Å². The highest BCUT2D eigenvalue weighted by atomic mass is 32.1. The second-order valence-corrected chi connectivity index (χ2v) is 7.63. The molecule has 1 aromatic carbocycles. The van der Waals surface area contributed by atoms with E-state index in [-0.39, 0.29) is 11.7 Å². The van der Waals surface area contributed by atoms with E-state index < -0.39 is 0 Å². The first-order valence-electron chi connectivity index (χ1n) is 8.70. The molecule has 0 fully saturated rings. The maximum Gasteiger partial charge on any atom is 0.130 e. The Kier molecular flexibility index (Phi) is 8.30. The van der Waals surface area contributed by atoms with Crippen LogP contribution < -0.4 is 4.90 Å².